The number of nitrogens with zero attached hydrogens (tertiary/aromatic N) is 1. The second-order valence-corrected chi connectivity index (χ2v) is 7.79. The molecular formula is C28H45NO. The molecule has 0 aromatic heterocycles. The van der Waals surface area contributed by atoms with Gasteiger partial charge in [-0.1, -0.05) is 100 Å². The van der Waals surface area contributed by atoms with E-state index in [1.54, 1.807) is 0 Å². The smallest absolute Gasteiger partial charge is 0.148 e. The van der Waals surface area contributed by atoms with Gasteiger partial charge in [0.25, 0.3) is 0 Å². The quantitative estimate of drug-likeness (QED) is 0.372. The summed E-state index contributed by atoms with van der Waals surface area (Å²) in [5.41, 5.74) is 5.66. The minimum atomic E-state index is 0.708. The molecule has 0 bridgehead atoms. The molecule has 168 valence electrons. The Balaban J connectivity index is 0. The molecule has 0 fully saturated rings. The molecule has 0 saturated carbocycles. The molecule has 0 unspecified atom stereocenters. The van der Waals surface area contributed by atoms with Crippen LogP contribution in [0.1, 0.15) is 65.2 Å². The third-order valence-corrected chi connectivity index (χ3v) is 4.11. The Morgan fingerprint density at radius 3 is 1.67 bits per heavy atom. The molecule has 2 nitrogen and oxygen atoms in total. The van der Waals surface area contributed by atoms with Crippen molar-refractivity contribution in [1.29, 1.82) is 0 Å². The summed E-state index contributed by atoms with van der Waals surface area (Å²) in [5.74, 6) is 0.833. The van der Waals surface area contributed by atoms with Crippen LogP contribution in [0, 0.1) is 19.8 Å². The van der Waals surface area contributed by atoms with Crippen molar-refractivity contribution >= 4 is 6.29 Å². The third-order valence-electron chi connectivity index (χ3n) is 4.11. The molecule has 0 aliphatic carbocycles. The van der Waals surface area contributed by atoms with Crippen LogP contribution >= 0.6 is 0 Å². The monoisotopic (exact) mass is 411 g/mol. The van der Waals surface area contributed by atoms with Gasteiger partial charge in [0.1, 0.15) is 6.29 Å². The fourth-order valence-electron chi connectivity index (χ4n) is 2.20. The van der Waals surface area contributed by atoms with Crippen LogP contribution in [0.5, 0.6) is 0 Å². The van der Waals surface area contributed by atoms with Crippen molar-refractivity contribution in [3.8, 4) is 0 Å². The summed E-state index contributed by atoms with van der Waals surface area (Å²) in [4.78, 5) is 13.2. The van der Waals surface area contributed by atoms with Crippen molar-refractivity contribution < 1.29 is 4.79 Å². The Labute approximate surface area is 187 Å². The van der Waals surface area contributed by atoms with Crippen molar-refractivity contribution in [3.63, 3.8) is 0 Å². The summed E-state index contributed by atoms with van der Waals surface area (Å²) in [6.45, 7) is 19.6. The van der Waals surface area contributed by atoms with Crippen LogP contribution in [-0.2, 0) is 11.2 Å². The fourth-order valence-corrected chi connectivity index (χ4v) is 2.20. The highest BCUT2D eigenvalue weighted by molar-refractivity contribution is 5.75. The maximum atomic E-state index is 11.2. The van der Waals surface area contributed by atoms with Gasteiger partial charge in [-0.2, -0.15) is 0 Å². The van der Waals surface area contributed by atoms with Crippen molar-refractivity contribution in [1.82, 2.24) is 4.90 Å². The van der Waals surface area contributed by atoms with Crippen LogP contribution in [0.25, 0.3) is 0 Å². The molecule has 2 aromatic rings. The predicted octanol–water partition coefficient (Wildman–Crippen LogP) is 7.65. The zero-order valence-electron chi connectivity index (χ0n) is 21.1. The number of aryl methyl sites for hydroxylation is 2. The number of aldehydes is 1. The van der Waals surface area contributed by atoms with Gasteiger partial charge in [-0.25, -0.2) is 0 Å². The second kappa shape index (κ2) is 18.7. The van der Waals surface area contributed by atoms with E-state index in [-0.39, 0.29) is 0 Å². The lowest BCUT2D eigenvalue weighted by Crippen LogP contribution is -2.17. The highest BCUT2D eigenvalue weighted by Gasteiger charge is 2.06. The van der Waals surface area contributed by atoms with Gasteiger partial charge in [0.05, 0.1) is 0 Å². The van der Waals surface area contributed by atoms with Gasteiger partial charge in [-0.05, 0) is 39.2 Å². The van der Waals surface area contributed by atoms with Crippen molar-refractivity contribution in [3.05, 3.63) is 82.6 Å². The van der Waals surface area contributed by atoms with Gasteiger partial charge in [0, 0.05) is 31.3 Å². The van der Waals surface area contributed by atoms with E-state index in [1.807, 2.05) is 46.0 Å². The van der Waals surface area contributed by atoms with E-state index >= 15 is 0 Å². The molecule has 0 spiro atoms. The lowest BCUT2D eigenvalue weighted by Gasteiger charge is -2.19. The minimum absolute atomic E-state index is 0.708. The zero-order valence-corrected chi connectivity index (χ0v) is 21.1. The highest BCUT2D eigenvalue weighted by Crippen LogP contribution is 2.13. The molecule has 0 N–H and O–H groups in total. The minimum Gasteiger partial charge on any atom is -0.378 e. The maximum absolute atomic E-state index is 11.2. The first kappa shape index (κ1) is 29.8. The van der Waals surface area contributed by atoms with E-state index < -0.39 is 0 Å². The Hall–Kier alpha value is -2.35. The van der Waals surface area contributed by atoms with E-state index in [1.165, 1.54) is 16.7 Å². The average Bonchev–Trinajstić information content (AvgIpc) is 2.74. The second-order valence-electron chi connectivity index (χ2n) is 7.79. The molecule has 0 radical (unpaired) electrons. The fraction of sp³-hybridized carbons (Fsp3) is 0.464. The first-order valence-corrected chi connectivity index (χ1v) is 11.1. The van der Waals surface area contributed by atoms with E-state index in [2.05, 4.69) is 82.8 Å². The molecule has 0 amide bonds. The lowest BCUT2D eigenvalue weighted by atomic mass is 10.0. The molecule has 2 heteroatoms. The van der Waals surface area contributed by atoms with Crippen LogP contribution in [0.3, 0.4) is 0 Å². The SMILES string of the molecule is CC.CC(C)C.CCN(C)/C(C)=C(/C=O)Cc1ccc(C)cc1.Cc1ccccc1. The third kappa shape index (κ3) is 15.6. The number of rotatable bonds is 5. The molecule has 2 aromatic carbocycles. The number of carbonyl (C=O) groups excluding carboxylic acids is 1. The Morgan fingerprint density at radius 1 is 0.900 bits per heavy atom. The van der Waals surface area contributed by atoms with Crippen molar-refractivity contribution in [2.75, 3.05) is 13.6 Å². The standard InChI is InChI=1S/C15H21NO.C7H8.C4H10.C2H6/c1-5-16(4)13(3)15(11-17)10-14-8-6-12(2)7-9-14;1-7-5-3-2-4-6-7;1-4(2)3;1-2/h6-9,11H,5,10H2,1-4H3;2-6H,1H3;4H,1-3H3;1-2H3/b15-13+;;;. The van der Waals surface area contributed by atoms with Gasteiger partial charge in [-0.15, -0.1) is 0 Å². The first-order chi connectivity index (χ1) is 14.2. The highest BCUT2D eigenvalue weighted by atomic mass is 16.1. The van der Waals surface area contributed by atoms with Crippen LogP contribution in [-0.4, -0.2) is 24.8 Å². The number of hydrogen-bond acceptors (Lipinski definition) is 2. The van der Waals surface area contributed by atoms with Crippen LogP contribution in [0.2, 0.25) is 0 Å². The molecule has 0 aliphatic rings. The summed E-state index contributed by atoms with van der Waals surface area (Å²) in [6, 6.07) is 18.6. The van der Waals surface area contributed by atoms with Gasteiger partial charge >= 0.3 is 0 Å². The van der Waals surface area contributed by atoms with E-state index in [0.717, 1.165) is 30.0 Å². The normalized spacial score (nSPS) is 10.2. The van der Waals surface area contributed by atoms with Crippen LogP contribution in [0.15, 0.2) is 65.9 Å². The van der Waals surface area contributed by atoms with Gasteiger partial charge in [-0.3, -0.25) is 4.79 Å². The molecule has 0 heterocycles. The van der Waals surface area contributed by atoms with Gasteiger partial charge in [0.2, 0.25) is 0 Å². The first-order valence-electron chi connectivity index (χ1n) is 11.1. The molecule has 0 atom stereocenters. The topological polar surface area (TPSA) is 20.3 Å². The molecule has 0 saturated heterocycles. The Morgan fingerprint density at radius 2 is 1.33 bits per heavy atom. The average molecular weight is 412 g/mol. The molecule has 30 heavy (non-hydrogen) atoms. The van der Waals surface area contributed by atoms with Crippen molar-refractivity contribution in [2.45, 2.75) is 68.7 Å². The number of hydrogen-bond donors (Lipinski definition) is 0. The number of benzene rings is 2. The Kier molecular flexibility index (Phi) is 18.6. The number of allylic oxidation sites excluding steroid dienone is 2. The summed E-state index contributed by atoms with van der Waals surface area (Å²) in [7, 11) is 2.01. The Bertz CT molecular complexity index is 682. The molecule has 0 aliphatic heterocycles. The van der Waals surface area contributed by atoms with Gasteiger partial charge in [0.15, 0.2) is 0 Å². The van der Waals surface area contributed by atoms with Gasteiger partial charge < -0.3 is 4.90 Å². The zero-order chi connectivity index (χ0) is 23.5. The summed E-state index contributed by atoms with van der Waals surface area (Å²) in [6.07, 6.45) is 1.68. The number of carbonyl (C=O) groups is 1. The van der Waals surface area contributed by atoms with Crippen LogP contribution < -0.4 is 0 Å². The summed E-state index contributed by atoms with van der Waals surface area (Å²) in [5, 5.41) is 0. The largest absolute Gasteiger partial charge is 0.378 e. The molecular weight excluding hydrogens is 366 g/mol. The predicted molar refractivity (Wildman–Crippen MR) is 135 cm³/mol. The lowest BCUT2D eigenvalue weighted by molar-refractivity contribution is -0.105. The van der Waals surface area contributed by atoms with Crippen molar-refractivity contribution in [2.24, 2.45) is 5.92 Å². The maximum Gasteiger partial charge on any atom is 0.148 e. The van der Waals surface area contributed by atoms with Crippen LogP contribution in [0.4, 0.5) is 0 Å². The van der Waals surface area contributed by atoms with E-state index in [0.29, 0.717) is 6.42 Å². The van der Waals surface area contributed by atoms with E-state index in [4.69, 9.17) is 0 Å². The molecule has 2 rings (SSSR count). The summed E-state index contributed by atoms with van der Waals surface area (Å²) < 4.78 is 0. The van der Waals surface area contributed by atoms with E-state index in [9.17, 15) is 4.79 Å². The summed E-state index contributed by atoms with van der Waals surface area (Å²) >= 11 is 0.